The van der Waals surface area contributed by atoms with Gasteiger partial charge < -0.3 is 4.74 Å². The van der Waals surface area contributed by atoms with Crippen LogP contribution in [0, 0.1) is 0 Å². The number of benzene rings is 9. The second-order valence-corrected chi connectivity index (χ2v) is 14.7. The Morgan fingerprint density at radius 1 is 0.309 bits per heavy atom. The van der Waals surface area contributed by atoms with E-state index in [-0.39, 0.29) is 0 Å². The molecule has 1 nitrogen and oxygen atoms in total. The first-order chi connectivity index (χ1) is 27.3. The zero-order valence-corrected chi connectivity index (χ0v) is 30.2. The number of fused-ring (bicyclic) bond motifs is 7. The van der Waals surface area contributed by atoms with E-state index in [9.17, 15) is 0 Å². The highest BCUT2D eigenvalue weighted by Crippen LogP contribution is 2.60. The van der Waals surface area contributed by atoms with Gasteiger partial charge in [0.1, 0.15) is 11.5 Å². The highest BCUT2D eigenvalue weighted by Gasteiger charge is 2.49. The fourth-order valence-electron chi connectivity index (χ4n) is 9.96. The summed E-state index contributed by atoms with van der Waals surface area (Å²) in [5.74, 6) is 1.75. The van der Waals surface area contributed by atoms with Crippen molar-refractivity contribution < 1.29 is 4.74 Å². The SMILES string of the molecule is c1ccc(C2(c3ccccc3)c3ccccc3Oc3cccc(-c4cccc(C5(c6ccccc6)c6ccccc6-c6ccc7ccccc7c65)c4)c32)cc1. The lowest BCUT2D eigenvalue weighted by molar-refractivity contribution is 0.435. The molecule has 0 saturated carbocycles. The van der Waals surface area contributed by atoms with Crippen molar-refractivity contribution in [1.29, 1.82) is 0 Å². The molecule has 55 heavy (non-hydrogen) atoms. The van der Waals surface area contributed by atoms with Gasteiger partial charge in [0.05, 0.1) is 10.8 Å². The smallest absolute Gasteiger partial charge is 0.132 e. The zero-order chi connectivity index (χ0) is 36.4. The Labute approximate surface area is 321 Å². The van der Waals surface area contributed by atoms with Crippen molar-refractivity contribution in [3.63, 3.8) is 0 Å². The second-order valence-electron chi connectivity index (χ2n) is 14.7. The average Bonchev–Trinajstić information content (AvgIpc) is 3.58. The van der Waals surface area contributed by atoms with Gasteiger partial charge in [-0.05, 0) is 84.6 Å². The maximum atomic E-state index is 6.90. The van der Waals surface area contributed by atoms with Crippen LogP contribution < -0.4 is 4.74 Å². The van der Waals surface area contributed by atoms with Crippen LogP contribution in [0.3, 0.4) is 0 Å². The van der Waals surface area contributed by atoms with E-state index >= 15 is 0 Å². The summed E-state index contributed by atoms with van der Waals surface area (Å²) in [5.41, 5.74) is 13.5. The van der Waals surface area contributed by atoms with Gasteiger partial charge >= 0.3 is 0 Å². The topological polar surface area (TPSA) is 9.23 Å². The molecular formula is C54H36O. The lowest BCUT2D eigenvalue weighted by Gasteiger charge is -2.43. The average molecular weight is 701 g/mol. The number of para-hydroxylation sites is 1. The van der Waals surface area contributed by atoms with E-state index in [1.165, 1.54) is 55.3 Å². The summed E-state index contributed by atoms with van der Waals surface area (Å²) in [6, 6.07) is 80.0. The third-order valence-corrected chi connectivity index (χ3v) is 12.1. The molecule has 0 N–H and O–H groups in total. The summed E-state index contributed by atoms with van der Waals surface area (Å²) in [4.78, 5) is 0. The molecule has 0 radical (unpaired) electrons. The summed E-state index contributed by atoms with van der Waals surface area (Å²) >= 11 is 0. The molecule has 9 aromatic carbocycles. The predicted octanol–water partition coefficient (Wildman–Crippen LogP) is 13.4. The van der Waals surface area contributed by atoms with Crippen molar-refractivity contribution >= 4 is 10.8 Å². The van der Waals surface area contributed by atoms with Crippen molar-refractivity contribution in [2.45, 2.75) is 10.8 Å². The van der Waals surface area contributed by atoms with Gasteiger partial charge in [0.2, 0.25) is 0 Å². The fourth-order valence-corrected chi connectivity index (χ4v) is 9.96. The minimum atomic E-state index is -0.640. The fraction of sp³-hybridized carbons (Fsp3) is 0.0370. The molecule has 1 aliphatic carbocycles. The number of hydrogen-bond acceptors (Lipinski definition) is 1. The van der Waals surface area contributed by atoms with Gasteiger partial charge in [-0.3, -0.25) is 0 Å². The molecule has 258 valence electrons. The normalized spacial score (nSPS) is 16.0. The van der Waals surface area contributed by atoms with E-state index in [1.807, 2.05) is 0 Å². The van der Waals surface area contributed by atoms with E-state index < -0.39 is 10.8 Å². The van der Waals surface area contributed by atoms with Gasteiger partial charge in [-0.2, -0.15) is 0 Å². The van der Waals surface area contributed by atoms with Crippen LogP contribution in [0.5, 0.6) is 11.5 Å². The summed E-state index contributed by atoms with van der Waals surface area (Å²) in [7, 11) is 0. The molecule has 0 fully saturated rings. The molecule has 0 amide bonds. The van der Waals surface area contributed by atoms with Crippen LogP contribution >= 0.6 is 0 Å². The van der Waals surface area contributed by atoms with Crippen molar-refractivity contribution in [2.24, 2.45) is 0 Å². The first kappa shape index (κ1) is 31.6. The van der Waals surface area contributed by atoms with E-state index in [2.05, 4.69) is 218 Å². The molecule has 1 unspecified atom stereocenters. The van der Waals surface area contributed by atoms with Crippen LogP contribution in [0.2, 0.25) is 0 Å². The van der Waals surface area contributed by atoms with Gasteiger partial charge in [0, 0.05) is 11.1 Å². The molecule has 1 atom stereocenters. The Kier molecular flexibility index (Phi) is 7.06. The van der Waals surface area contributed by atoms with Gasteiger partial charge in [-0.15, -0.1) is 0 Å². The molecule has 0 saturated heterocycles. The van der Waals surface area contributed by atoms with Crippen molar-refractivity contribution in [1.82, 2.24) is 0 Å². The van der Waals surface area contributed by atoms with E-state index in [4.69, 9.17) is 4.74 Å². The molecule has 0 spiro atoms. The summed E-state index contributed by atoms with van der Waals surface area (Å²) in [6.45, 7) is 0. The highest BCUT2D eigenvalue weighted by atomic mass is 16.5. The summed E-state index contributed by atoms with van der Waals surface area (Å²) < 4.78 is 6.90. The molecule has 1 heterocycles. The van der Waals surface area contributed by atoms with E-state index in [0.29, 0.717) is 0 Å². The second kappa shape index (κ2) is 12.3. The Morgan fingerprint density at radius 2 is 0.836 bits per heavy atom. The molecule has 11 rings (SSSR count). The molecular weight excluding hydrogens is 665 g/mol. The molecule has 2 aliphatic rings. The largest absolute Gasteiger partial charge is 0.457 e. The van der Waals surface area contributed by atoms with Gasteiger partial charge in [-0.1, -0.05) is 200 Å². The zero-order valence-electron chi connectivity index (χ0n) is 30.2. The summed E-state index contributed by atoms with van der Waals surface area (Å²) in [6.07, 6.45) is 0. The van der Waals surface area contributed by atoms with Gasteiger partial charge in [-0.25, -0.2) is 0 Å². The van der Waals surface area contributed by atoms with Crippen molar-refractivity contribution in [2.75, 3.05) is 0 Å². The first-order valence-electron chi connectivity index (χ1n) is 19.1. The molecule has 9 aromatic rings. The minimum absolute atomic E-state index is 0.558. The highest BCUT2D eigenvalue weighted by molar-refractivity contribution is 6.00. The van der Waals surface area contributed by atoms with Crippen LogP contribution in [0.15, 0.2) is 218 Å². The maximum absolute atomic E-state index is 6.90. The third-order valence-electron chi connectivity index (χ3n) is 12.1. The van der Waals surface area contributed by atoms with Crippen LogP contribution in [-0.2, 0) is 10.8 Å². The number of ether oxygens (including phenoxy) is 1. The lowest BCUT2D eigenvalue weighted by atomic mass is 9.62. The molecule has 1 aliphatic heterocycles. The standard InChI is InChI=1S/C54H36O/c1-4-20-39(21-5-1)53(40-22-6-2-7-23-40)48-31-14-15-32-49(48)55-50-33-17-29-44(52(50)53)38-19-16-26-42(36-38)54(41-24-8-3-9-25-41)47-30-13-12-28-45(47)46-35-34-37-18-10-11-27-43(37)51(46)54/h1-36H. The van der Waals surface area contributed by atoms with Crippen molar-refractivity contribution in [3.05, 3.63) is 263 Å². The van der Waals surface area contributed by atoms with Crippen LogP contribution in [0.4, 0.5) is 0 Å². The van der Waals surface area contributed by atoms with Crippen LogP contribution in [-0.4, -0.2) is 0 Å². The van der Waals surface area contributed by atoms with Crippen molar-refractivity contribution in [3.8, 4) is 33.8 Å². The third kappa shape index (κ3) is 4.41. The lowest BCUT2D eigenvalue weighted by Crippen LogP contribution is -2.34. The first-order valence-corrected chi connectivity index (χ1v) is 19.1. The number of hydrogen-bond donors (Lipinski definition) is 0. The maximum Gasteiger partial charge on any atom is 0.132 e. The Hall–Kier alpha value is -6.96. The Morgan fingerprint density at radius 3 is 1.56 bits per heavy atom. The van der Waals surface area contributed by atoms with Gasteiger partial charge in [0.15, 0.2) is 0 Å². The Bertz CT molecular complexity index is 2850. The monoisotopic (exact) mass is 700 g/mol. The Balaban J connectivity index is 1.24. The van der Waals surface area contributed by atoms with E-state index in [0.717, 1.165) is 33.8 Å². The summed E-state index contributed by atoms with van der Waals surface area (Å²) in [5, 5.41) is 2.52. The van der Waals surface area contributed by atoms with Crippen LogP contribution in [0.1, 0.15) is 44.5 Å². The quantitative estimate of drug-likeness (QED) is 0.174. The molecule has 1 heteroatoms. The minimum Gasteiger partial charge on any atom is -0.457 e. The van der Waals surface area contributed by atoms with E-state index in [1.54, 1.807) is 0 Å². The number of rotatable bonds is 5. The molecule has 0 aromatic heterocycles. The van der Waals surface area contributed by atoms with Gasteiger partial charge in [0.25, 0.3) is 0 Å². The van der Waals surface area contributed by atoms with Crippen LogP contribution in [0.25, 0.3) is 33.0 Å². The predicted molar refractivity (Wildman–Crippen MR) is 225 cm³/mol. The molecule has 0 bridgehead atoms.